The maximum absolute atomic E-state index is 2.40. The second kappa shape index (κ2) is 1.50. The first kappa shape index (κ1) is 5.28. The van der Waals surface area contributed by atoms with Gasteiger partial charge in [0.2, 0.25) is 0 Å². The van der Waals surface area contributed by atoms with Crippen molar-refractivity contribution in [3.8, 4) is 0 Å². The van der Waals surface area contributed by atoms with E-state index in [0.717, 1.165) is 11.8 Å². The Morgan fingerprint density at radius 2 is 2.22 bits per heavy atom. The minimum absolute atomic E-state index is 0.926. The number of fused-ring (bicyclic) bond motifs is 1. The van der Waals surface area contributed by atoms with E-state index in [1.807, 2.05) is 0 Å². The molecule has 2 rings (SSSR count). The lowest BCUT2D eigenvalue weighted by molar-refractivity contribution is 0.896. The molecule has 9 heavy (non-hydrogen) atoms. The Kier molecular flexibility index (Phi) is 0.879. The molecule has 48 valence electrons. The van der Waals surface area contributed by atoms with Gasteiger partial charge in [-0.2, -0.15) is 0 Å². The Morgan fingerprint density at radius 3 is 2.89 bits per heavy atom. The van der Waals surface area contributed by atoms with Crippen molar-refractivity contribution >= 4 is 0 Å². The van der Waals surface area contributed by atoms with Crippen LogP contribution in [-0.2, 0) is 0 Å². The zero-order valence-electron chi connectivity index (χ0n) is 6.02. The van der Waals surface area contributed by atoms with Gasteiger partial charge in [0.05, 0.1) is 0 Å². The highest BCUT2D eigenvalue weighted by Gasteiger charge is 2.37. The quantitative estimate of drug-likeness (QED) is 0.461. The highest BCUT2D eigenvalue weighted by atomic mass is 14.4. The van der Waals surface area contributed by atoms with Crippen molar-refractivity contribution in [1.82, 2.24) is 0 Å². The molecule has 0 N–H and O–H groups in total. The third-order valence-corrected chi connectivity index (χ3v) is 2.36. The summed E-state index contributed by atoms with van der Waals surface area (Å²) in [5.74, 6) is 1.86. The first-order valence-electron chi connectivity index (χ1n) is 3.64. The van der Waals surface area contributed by atoms with Crippen molar-refractivity contribution in [2.45, 2.75) is 20.3 Å². The van der Waals surface area contributed by atoms with Crippen molar-refractivity contribution in [2.75, 3.05) is 0 Å². The minimum Gasteiger partial charge on any atom is -0.0779 e. The fraction of sp³-hybridized carbons (Fsp3) is 0.556. The molecule has 2 unspecified atom stereocenters. The van der Waals surface area contributed by atoms with Crippen LogP contribution in [0.2, 0.25) is 0 Å². The van der Waals surface area contributed by atoms with Crippen molar-refractivity contribution in [3.63, 3.8) is 0 Å². The molecule has 0 spiro atoms. The lowest BCUT2D eigenvalue weighted by atomic mass is 10.0. The topological polar surface area (TPSA) is 0 Å². The molecule has 0 nitrogen and oxygen atoms in total. The van der Waals surface area contributed by atoms with Gasteiger partial charge in [-0.25, -0.2) is 0 Å². The molecule has 2 aliphatic rings. The summed E-state index contributed by atoms with van der Waals surface area (Å²) in [5, 5.41) is 0. The van der Waals surface area contributed by atoms with Crippen molar-refractivity contribution < 1.29 is 0 Å². The number of allylic oxidation sites excluding steroid dienone is 4. The normalized spacial score (nSPS) is 38.9. The molecule has 0 aromatic heterocycles. The second-order valence-electron chi connectivity index (χ2n) is 3.31. The third-order valence-electron chi connectivity index (χ3n) is 2.36. The summed E-state index contributed by atoms with van der Waals surface area (Å²) >= 11 is 0. The van der Waals surface area contributed by atoms with Crippen molar-refractivity contribution in [3.05, 3.63) is 23.3 Å². The Bertz CT molecular complexity index is 196. The van der Waals surface area contributed by atoms with Gasteiger partial charge < -0.3 is 0 Å². The predicted molar refractivity (Wildman–Crippen MR) is 39.1 cm³/mol. The van der Waals surface area contributed by atoms with Crippen LogP contribution >= 0.6 is 0 Å². The maximum Gasteiger partial charge on any atom is -0.0134 e. The molecule has 0 radical (unpaired) electrons. The largest absolute Gasteiger partial charge is 0.0779 e. The summed E-state index contributed by atoms with van der Waals surface area (Å²) in [6.07, 6.45) is 6.13. The highest BCUT2D eigenvalue weighted by Crippen LogP contribution is 2.48. The van der Waals surface area contributed by atoms with Crippen molar-refractivity contribution in [2.24, 2.45) is 11.8 Å². The van der Waals surface area contributed by atoms with Crippen molar-refractivity contribution in [1.29, 1.82) is 0 Å². The molecule has 0 aliphatic heterocycles. The van der Waals surface area contributed by atoms with Crippen LogP contribution in [0.1, 0.15) is 20.3 Å². The number of hydrogen-bond acceptors (Lipinski definition) is 0. The highest BCUT2D eigenvalue weighted by molar-refractivity contribution is 5.34. The second-order valence-corrected chi connectivity index (χ2v) is 3.31. The summed E-state index contributed by atoms with van der Waals surface area (Å²) in [7, 11) is 0. The van der Waals surface area contributed by atoms with Crippen LogP contribution in [0.25, 0.3) is 0 Å². The van der Waals surface area contributed by atoms with E-state index in [9.17, 15) is 0 Å². The van der Waals surface area contributed by atoms with Gasteiger partial charge in [0, 0.05) is 0 Å². The van der Waals surface area contributed by atoms with Gasteiger partial charge in [-0.05, 0) is 32.1 Å². The smallest absolute Gasteiger partial charge is 0.0134 e. The van der Waals surface area contributed by atoms with Crippen LogP contribution in [0.3, 0.4) is 0 Å². The van der Waals surface area contributed by atoms with E-state index in [1.54, 1.807) is 5.57 Å². The summed E-state index contributed by atoms with van der Waals surface area (Å²) in [6, 6.07) is 0. The molecular formula is C9H12. The average molecular weight is 120 g/mol. The third kappa shape index (κ3) is 0.735. The summed E-state index contributed by atoms with van der Waals surface area (Å²) in [5.41, 5.74) is 3.06. The van der Waals surface area contributed by atoms with E-state index in [1.165, 1.54) is 12.0 Å². The van der Waals surface area contributed by atoms with Gasteiger partial charge in [-0.1, -0.05) is 23.3 Å². The van der Waals surface area contributed by atoms with Gasteiger partial charge >= 0.3 is 0 Å². The molecule has 0 amide bonds. The lowest BCUT2D eigenvalue weighted by Crippen LogP contribution is -1.89. The van der Waals surface area contributed by atoms with Crippen LogP contribution in [0, 0.1) is 11.8 Å². The molecule has 0 saturated heterocycles. The molecular weight excluding hydrogens is 108 g/mol. The van der Waals surface area contributed by atoms with Crippen LogP contribution in [-0.4, -0.2) is 0 Å². The number of hydrogen-bond donors (Lipinski definition) is 0. The summed E-state index contributed by atoms with van der Waals surface area (Å²) in [6.45, 7) is 4.44. The van der Waals surface area contributed by atoms with Gasteiger partial charge in [0.25, 0.3) is 0 Å². The van der Waals surface area contributed by atoms with Gasteiger partial charge in [-0.3, -0.25) is 0 Å². The molecule has 0 aromatic rings. The summed E-state index contributed by atoms with van der Waals surface area (Å²) in [4.78, 5) is 0. The maximum atomic E-state index is 2.40. The van der Waals surface area contributed by atoms with Gasteiger partial charge in [0.1, 0.15) is 0 Å². The fourth-order valence-electron chi connectivity index (χ4n) is 1.77. The van der Waals surface area contributed by atoms with E-state index in [4.69, 9.17) is 0 Å². The zero-order valence-corrected chi connectivity index (χ0v) is 6.02. The average Bonchev–Trinajstić information content (AvgIpc) is 2.43. The fourth-order valence-corrected chi connectivity index (χ4v) is 1.77. The van der Waals surface area contributed by atoms with E-state index in [2.05, 4.69) is 26.0 Å². The van der Waals surface area contributed by atoms with Gasteiger partial charge in [-0.15, -0.1) is 0 Å². The van der Waals surface area contributed by atoms with E-state index >= 15 is 0 Å². The van der Waals surface area contributed by atoms with Crippen LogP contribution in [0.15, 0.2) is 23.3 Å². The van der Waals surface area contributed by atoms with E-state index < -0.39 is 0 Å². The van der Waals surface area contributed by atoms with E-state index in [-0.39, 0.29) is 0 Å². The molecule has 1 fully saturated rings. The summed E-state index contributed by atoms with van der Waals surface area (Å²) < 4.78 is 0. The molecule has 2 atom stereocenters. The van der Waals surface area contributed by atoms with E-state index in [0.29, 0.717) is 0 Å². The molecule has 1 saturated carbocycles. The van der Waals surface area contributed by atoms with Crippen LogP contribution in [0.5, 0.6) is 0 Å². The zero-order chi connectivity index (χ0) is 6.43. The van der Waals surface area contributed by atoms with Crippen LogP contribution in [0.4, 0.5) is 0 Å². The predicted octanol–water partition coefficient (Wildman–Crippen LogP) is 2.53. The Labute approximate surface area is 56.3 Å². The Balaban J connectivity index is 2.32. The van der Waals surface area contributed by atoms with Gasteiger partial charge in [0.15, 0.2) is 0 Å². The first-order chi connectivity index (χ1) is 4.27. The Hall–Kier alpha value is -0.520. The molecule has 0 aromatic carbocycles. The SMILES string of the molecule is CC1=CC2CC2C(C)=C1. The number of rotatable bonds is 0. The Morgan fingerprint density at radius 1 is 1.44 bits per heavy atom. The monoisotopic (exact) mass is 120 g/mol. The minimum atomic E-state index is 0.926. The molecule has 0 heterocycles. The first-order valence-corrected chi connectivity index (χ1v) is 3.64. The molecule has 0 heteroatoms. The molecule has 2 aliphatic carbocycles. The molecule has 0 bridgehead atoms. The standard InChI is InChI=1S/C9H12/c1-6-3-7(2)9-5-8(9)4-6/h3-4,8-9H,5H2,1-2H3. The van der Waals surface area contributed by atoms with Crippen LogP contribution < -0.4 is 0 Å². The lowest BCUT2D eigenvalue weighted by Gasteiger charge is -2.04.